The van der Waals surface area contributed by atoms with Gasteiger partial charge in [-0.05, 0) is 56.3 Å². The maximum atomic E-state index is 12.7. The van der Waals surface area contributed by atoms with Crippen molar-refractivity contribution in [1.82, 2.24) is 4.90 Å². The lowest BCUT2D eigenvalue weighted by molar-refractivity contribution is -0.138. The number of benzene rings is 2. The fourth-order valence-corrected chi connectivity index (χ4v) is 3.61. The van der Waals surface area contributed by atoms with Gasteiger partial charge in [-0.2, -0.15) is 0 Å². The number of amides is 1. The smallest absolute Gasteiger partial charge is 0.263 e. The molecule has 1 aliphatic rings. The fourth-order valence-electron chi connectivity index (χ4n) is 3.16. The summed E-state index contributed by atoms with van der Waals surface area (Å²) in [6, 6.07) is 12.5. The molecule has 0 unspecified atom stereocenters. The molecule has 148 valence electrons. The SMILES string of the molecule is CC(=O)c1ccc(N2CCN(C(=O)[C@@H](C)Oc3ccc(Cl)cc3Cl)CC2)cc1. The van der Waals surface area contributed by atoms with Gasteiger partial charge in [-0.25, -0.2) is 0 Å². The first-order valence-corrected chi connectivity index (χ1v) is 9.87. The van der Waals surface area contributed by atoms with Crippen LogP contribution in [0.15, 0.2) is 42.5 Å². The van der Waals surface area contributed by atoms with E-state index in [-0.39, 0.29) is 11.7 Å². The zero-order valence-corrected chi connectivity index (χ0v) is 17.3. The largest absolute Gasteiger partial charge is 0.479 e. The predicted octanol–water partition coefficient (Wildman–Crippen LogP) is 4.31. The molecule has 2 aromatic carbocycles. The molecule has 2 aromatic rings. The van der Waals surface area contributed by atoms with Gasteiger partial charge in [0.2, 0.25) is 0 Å². The molecule has 28 heavy (non-hydrogen) atoms. The second-order valence-corrected chi connectivity index (χ2v) is 7.59. The average Bonchev–Trinajstić information content (AvgIpc) is 2.69. The number of nitrogens with zero attached hydrogens (tertiary/aromatic N) is 2. The van der Waals surface area contributed by atoms with Crippen molar-refractivity contribution in [2.24, 2.45) is 0 Å². The normalized spacial score (nSPS) is 15.3. The number of carbonyl (C=O) groups excluding carboxylic acids is 2. The average molecular weight is 421 g/mol. The summed E-state index contributed by atoms with van der Waals surface area (Å²) in [7, 11) is 0. The number of carbonyl (C=O) groups is 2. The Morgan fingerprint density at radius 1 is 1.00 bits per heavy atom. The number of piperazine rings is 1. The van der Waals surface area contributed by atoms with E-state index >= 15 is 0 Å². The molecular formula is C21H22Cl2N2O3. The van der Waals surface area contributed by atoms with Gasteiger partial charge < -0.3 is 14.5 Å². The Morgan fingerprint density at radius 2 is 1.64 bits per heavy atom. The zero-order valence-electron chi connectivity index (χ0n) is 15.8. The van der Waals surface area contributed by atoms with Crippen molar-refractivity contribution in [2.75, 3.05) is 31.1 Å². The molecule has 3 rings (SSSR count). The molecule has 5 nitrogen and oxygen atoms in total. The van der Waals surface area contributed by atoms with Gasteiger partial charge in [0.05, 0.1) is 5.02 Å². The van der Waals surface area contributed by atoms with Gasteiger partial charge in [0.15, 0.2) is 11.9 Å². The van der Waals surface area contributed by atoms with Crippen LogP contribution in [0.3, 0.4) is 0 Å². The van der Waals surface area contributed by atoms with Crippen LogP contribution in [0.5, 0.6) is 5.75 Å². The van der Waals surface area contributed by atoms with E-state index < -0.39 is 6.10 Å². The summed E-state index contributed by atoms with van der Waals surface area (Å²) in [4.78, 5) is 28.1. The van der Waals surface area contributed by atoms with Crippen LogP contribution in [0.2, 0.25) is 10.0 Å². The van der Waals surface area contributed by atoms with Crippen LogP contribution in [-0.4, -0.2) is 48.9 Å². The first-order chi connectivity index (χ1) is 13.3. The first-order valence-electron chi connectivity index (χ1n) is 9.11. The Bertz CT molecular complexity index is 862. The standard InChI is InChI=1S/C21H22Cl2N2O3/c1-14(26)16-3-6-18(7-4-16)24-9-11-25(12-10-24)21(27)15(2)28-20-8-5-17(22)13-19(20)23/h3-8,13,15H,9-12H2,1-2H3/t15-/m1/s1. The van der Waals surface area contributed by atoms with E-state index in [2.05, 4.69) is 4.90 Å². The number of halogens is 2. The topological polar surface area (TPSA) is 49.9 Å². The molecule has 0 spiro atoms. The van der Waals surface area contributed by atoms with E-state index in [0.717, 1.165) is 18.8 Å². The predicted molar refractivity (Wildman–Crippen MR) is 112 cm³/mol. The van der Waals surface area contributed by atoms with E-state index in [9.17, 15) is 9.59 Å². The maximum absolute atomic E-state index is 12.7. The molecule has 1 aliphatic heterocycles. The van der Waals surface area contributed by atoms with Crippen LogP contribution in [0, 0.1) is 0 Å². The summed E-state index contributed by atoms with van der Waals surface area (Å²) in [6.07, 6.45) is -0.639. The highest BCUT2D eigenvalue weighted by Gasteiger charge is 2.26. The lowest BCUT2D eigenvalue weighted by Gasteiger charge is -2.37. The second-order valence-electron chi connectivity index (χ2n) is 6.75. The van der Waals surface area contributed by atoms with Gasteiger partial charge in [0.25, 0.3) is 5.91 Å². The van der Waals surface area contributed by atoms with Crippen molar-refractivity contribution < 1.29 is 14.3 Å². The Kier molecular flexibility index (Phi) is 6.47. The molecule has 1 heterocycles. The molecule has 0 radical (unpaired) electrons. The second kappa shape index (κ2) is 8.84. The van der Waals surface area contributed by atoms with Crippen LogP contribution in [-0.2, 0) is 4.79 Å². The molecule has 0 bridgehead atoms. The number of Topliss-reactive ketones (excluding diaryl/α,β-unsaturated/α-hetero) is 1. The Hall–Kier alpha value is -2.24. The fraction of sp³-hybridized carbons (Fsp3) is 0.333. The molecule has 0 N–H and O–H groups in total. The van der Waals surface area contributed by atoms with E-state index in [4.69, 9.17) is 27.9 Å². The third-order valence-corrected chi connectivity index (χ3v) is 5.31. The van der Waals surface area contributed by atoms with E-state index in [1.54, 1.807) is 36.9 Å². The molecule has 1 fully saturated rings. The summed E-state index contributed by atoms with van der Waals surface area (Å²) >= 11 is 12.0. The lowest BCUT2D eigenvalue weighted by atomic mass is 10.1. The van der Waals surface area contributed by atoms with E-state index in [0.29, 0.717) is 34.4 Å². The summed E-state index contributed by atoms with van der Waals surface area (Å²) < 4.78 is 5.73. The monoisotopic (exact) mass is 420 g/mol. The summed E-state index contributed by atoms with van der Waals surface area (Å²) in [5.74, 6) is 0.422. The number of hydrogen-bond acceptors (Lipinski definition) is 4. The van der Waals surface area contributed by atoms with Gasteiger partial charge >= 0.3 is 0 Å². The van der Waals surface area contributed by atoms with Crippen molar-refractivity contribution in [1.29, 1.82) is 0 Å². The van der Waals surface area contributed by atoms with Crippen LogP contribution >= 0.6 is 23.2 Å². The van der Waals surface area contributed by atoms with Crippen molar-refractivity contribution in [2.45, 2.75) is 20.0 Å². The van der Waals surface area contributed by atoms with Crippen molar-refractivity contribution in [3.05, 3.63) is 58.1 Å². The number of anilines is 1. The Balaban J connectivity index is 1.56. The summed E-state index contributed by atoms with van der Waals surface area (Å²) in [5.41, 5.74) is 1.75. The van der Waals surface area contributed by atoms with Crippen molar-refractivity contribution in [3.63, 3.8) is 0 Å². The van der Waals surface area contributed by atoms with E-state index in [1.165, 1.54) is 0 Å². The van der Waals surface area contributed by atoms with Crippen molar-refractivity contribution in [3.8, 4) is 5.75 Å². The quantitative estimate of drug-likeness (QED) is 0.676. The molecule has 1 atom stereocenters. The number of ketones is 1. The highest BCUT2D eigenvalue weighted by atomic mass is 35.5. The highest BCUT2D eigenvalue weighted by molar-refractivity contribution is 6.35. The van der Waals surface area contributed by atoms with Crippen LogP contribution < -0.4 is 9.64 Å². The molecule has 1 amide bonds. The molecule has 1 saturated heterocycles. The van der Waals surface area contributed by atoms with Crippen LogP contribution in [0.1, 0.15) is 24.2 Å². The minimum Gasteiger partial charge on any atom is -0.479 e. The minimum absolute atomic E-state index is 0.0525. The molecule has 7 heteroatoms. The van der Waals surface area contributed by atoms with E-state index in [1.807, 2.05) is 24.3 Å². The summed E-state index contributed by atoms with van der Waals surface area (Å²) in [6.45, 7) is 5.93. The van der Waals surface area contributed by atoms with Gasteiger partial charge in [0, 0.05) is 42.5 Å². The third-order valence-electron chi connectivity index (χ3n) is 4.78. The molecule has 0 aromatic heterocycles. The van der Waals surface area contributed by atoms with Gasteiger partial charge in [-0.3, -0.25) is 9.59 Å². The minimum atomic E-state index is -0.639. The third kappa shape index (κ3) is 4.78. The lowest BCUT2D eigenvalue weighted by Crippen LogP contribution is -2.52. The Labute approximate surface area is 174 Å². The summed E-state index contributed by atoms with van der Waals surface area (Å²) in [5, 5.41) is 0.898. The van der Waals surface area contributed by atoms with Crippen LogP contribution in [0.4, 0.5) is 5.69 Å². The number of hydrogen-bond donors (Lipinski definition) is 0. The zero-order chi connectivity index (χ0) is 20.3. The Morgan fingerprint density at radius 3 is 2.21 bits per heavy atom. The van der Waals surface area contributed by atoms with Gasteiger partial charge in [-0.15, -0.1) is 0 Å². The molecular weight excluding hydrogens is 399 g/mol. The maximum Gasteiger partial charge on any atom is 0.263 e. The highest BCUT2D eigenvalue weighted by Crippen LogP contribution is 2.28. The molecule has 0 aliphatic carbocycles. The molecule has 0 saturated carbocycles. The number of ether oxygens (including phenoxy) is 1. The number of rotatable bonds is 5. The van der Waals surface area contributed by atoms with Crippen molar-refractivity contribution >= 4 is 40.6 Å². The van der Waals surface area contributed by atoms with Gasteiger partial charge in [-0.1, -0.05) is 23.2 Å². The van der Waals surface area contributed by atoms with Crippen LogP contribution in [0.25, 0.3) is 0 Å². The first kappa shape index (κ1) is 20.5. The van der Waals surface area contributed by atoms with Gasteiger partial charge in [0.1, 0.15) is 5.75 Å².